The molecule has 6 N–H and O–H groups in total. The van der Waals surface area contributed by atoms with Gasteiger partial charge in [-0.15, -0.1) is 0 Å². The Kier molecular flexibility index (Phi) is 26.8. The molecule has 14 heteroatoms. The topological polar surface area (TPSA) is 242 Å². The zero-order valence-corrected chi connectivity index (χ0v) is 14.5. The minimum atomic E-state index is -1.34. The lowest BCUT2D eigenvalue weighted by molar-refractivity contribution is -0.168. The average Bonchev–Trinajstić information content (AvgIpc) is 2.47. The van der Waals surface area contributed by atoms with E-state index in [9.17, 15) is 28.8 Å². The van der Waals surface area contributed by atoms with Gasteiger partial charge in [-0.1, -0.05) is 0 Å². The van der Waals surface area contributed by atoms with E-state index in [1.807, 2.05) is 0 Å². The van der Waals surface area contributed by atoms with Crippen molar-refractivity contribution < 1.29 is 68.9 Å². The number of aliphatic hydroxyl groups excluding tert-OH is 2. The molecular formula is C13H22O14. The van der Waals surface area contributed by atoms with Crippen LogP contribution in [0.25, 0.3) is 0 Å². The Morgan fingerprint density at radius 1 is 0.667 bits per heavy atom. The van der Waals surface area contributed by atoms with E-state index in [0.717, 1.165) is 7.11 Å². The molecule has 158 valence electrons. The molecule has 27 heavy (non-hydrogen) atoms. The van der Waals surface area contributed by atoms with Crippen molar-refractivity contribution in [1.29, 1.82) is 0 Å². The van der Waals surface area contributed by atoms with Crippen LogP contribution < -0.4 is 0 Å². The predicted octanol–water partition coefficient (Wildman–Crippen LogP) is -2.43. The van der Waals surface area contributed by atoms with Crippen LogP contribution in [0.3, 0.4) is 0 Å². The third-order valence-corrected chi connectivity index (χ3v) is 1.43. The van der Waals surface area contributed by atoms with Crippen molar-refractivity contribution >= 4 is 35.6 Å². The molecule has 0 bridgehead atoms. The van der Waals surface area contributed by atoms with Gasteiger partial charge < -0.3 is 40.1 Å². The monoisotopic (exact) mass is 402 g/mol. The first-order valence-corrected chi connectivity index (χ1v) is 6.58. The second-order valence-electron chi connectivity index (χ2n) is 3.71. The molecule has 0 rings (SSSR count). The van der Waals surface area contributed by atoms with Gasteiger partial charge in [0.15, 0.2) is 0 Å². The summed E-state index contributed by atoms with van der Waals surface area (Å²) in [4.78, 5) is 60.6. The molecule has 0 atom stereocenters. The van der Waals surface area contributed by atoms with Gasteiger partial charge in [-0.2, -0.15) is 0 Å². The molecule has 0 spiro atoms. The van der Waals surface area contributed by atoms with Crippen molar-refractivity contribution in [1.82, 2.24) is 0 Å². The fourth-order valence-corrected chi connectivity index (χ4v) is 0.719. The number of rotatable bonds is 8. The van der Waals surface area contributed by atoms with E-state index < -0.39 is 62.7 Å². The number of aliphatic hydroxyl groups is 3. The zero-order valence-electron chi connectivity index (χ0n) is 14.5. The SMILES string of the molecule is CC(=O)CC(=O)OCOC(=O)CC(=O)O.CO.O=C(O)CC(=O)O.OCO. The minimum Gasteiger partial charge on any atom is -0.481 e. The van der Waals surface area contributed by atoms with Crippen LogP contribution in [0.5, 0.6) is 0 Å². The first-order valence-electron chi connectivity index (χ1n) is 6.58. The normalized spacial score (nSPS) is 8.04. The summed E-state index contributed by atoms with van der Waals surface area (Å²) in [6, 6.07) is 0. The molecule has 0 saturated carbocycles. The molecule has 0 unspecified atom stereocenters. The van der Waals surface area contributed by atoms with Gasteiger partial charge in [0.25, 0.3) is 0 Å². The quantitative estimate of drug-likeness (QED) is 0.140. The highest BCUT2D eigenvalue weighted by molar-refractivity contribution is 5.94. The molecule has 0 heterocycles. The number of hydrogen-bond donors (Lipinski definition) is 6. The molecule has 0 aromatic carbocycles. The Balaban J connectivity index is -0.000000183. The van der Waals surface area contributed by atoms with Crippen LogP contribution in [0.1, 0.15) is 26.2 Å². The predicted molar refractivity (Wildman–Crippen MR) is 81.9 cm³/mol. The van der Waals surface area contributed by atoms with Crippen LogP contribution in [0.4, 0.5) is 0 Å². The number of carboxylic acids is 3. The van der Waals surface area contributed by atoms with Gasteiger partial charge in [0.1, 0.15) is 31.8 Å². The van der Waals surface area contributed by atoms with Gasteiger partial charge in [0, 0.05) is 7.11 Å². The van der Waals surface area contributed by atoms with Crippen molar-refractivity contribution in [2.24, 2.45) is 0 Å². The fraction of sp³-hybridized carbons (Fsp3) is 0.538. The Morgan fingerprint density at radius 3 is 1.19 bits per heavy atom. The molecule has 0 aliphatic rings. The summed E-state index contributed by atoms with van der Waals surface area (Å²) in [5.41, 5.74) is 0. The van der Waals surface area contributed by atoms with Crippen molar-refractivity contribution in [3.8, 4) is 0 Å². The summed E-state index contributed by atoms with van der Waals surface area (Å²) in [6.45, 7) is -0.226. The first kappa shape index (κ1) is 31.6. The van der Waals surface area contributed by atoms with Gasteiger partial charge in [0.2, 0.25) is 6.79 Å². The van der Waals surface area contributed by atoms with Crippen LogP contribution >= 0.6 is 0 Å². The smallest absolute Gasteiger partial charge is 0.320 e. The van der Waals surface area contributed by atoms with Crippen LogP contribution in [0.15, 0.2) is 0 Å². The summed E-state index contributed by atoms with van der Waals surface area (Å²) >= 11 is 0. The molecule has 0 aromatic rings. The maximum Gasteiger partial charge on any atom is 0.320 e. The highest BCUT2D eigenvalue weighted by Gasteiger charge is 2.11. The number of hydrogen-bond acceptors (Lipinski definition) is 11. The number of carbonyl (C=O) groups is 6. The number of esters is 2. The van der Waals surface area contributed by atoms with E-state index in [1.54, 1.807) is 0 Å². The molecule has 0 saturated heterocycles. The van der Waals surface area contributed by atoms with Gasteiger partial charge in [-0.25, -0.2) is 0 Å². The molecular weight excluding hydrogens is 380 g/mol. The molecule has 0 amide bonds. The Morgan fingerprint density at radius 2 is 0.963 bits per heavy atom. The van der Waals surface area contributed by atoms with Gasteiger partial charge in [-0.05, 0) is 6.92 Å². The van der Waals surface area contributed by atoms with Gasteiger partial charge in [-0.3, -0.25) is 28.8 Å². The third-order valence-electron chi connectivity index (χ3n) is 1.43. The second-order valence-corrected chi connectivity index (χ2v) is 3.71. The fourth-order valence-electron chi connectivity index (χ4n) is 0.719. The Hall–Kier alpha value is -3.10. The van der Waals surface area contributed by atoms with E-state index in [2.05, 4.69) is 9.47 Å². The number of carbonyl (C=O) groups excluding carboxylic acids is 3. The highest BCUT2D eigenvalue weighted by atomic mass is 16.7. The van der Waals surface area contributed by atoms with Crippen molar-refractivity contribution in [3.63, 3.8) is 0 Å². The maximum atomic E-state index is 10.7. The lowest BCUT2D eigenvalue weighted by Crippen LogP contribution is -2.16. The minimum absolute atomic E-state index is 0.378. The van der Waals surface area contributed by atoms with Crippen LogP contribution in [0.2, 0.25) is 0 Å². The summed E-state index contributed by atoms with van der Waals surface area (Å²) < 4.78 is 8.54. The number of ether oxygens (including phenoxy) is 2. The third kappa shape index (κ3) is 45.1. The molecule has 0 aliphatic heterocycles. The molecule has 0 aliphatic carbocycles. The van der Waals surface area contributed by atoms with Crippen LogP contribution in [0, 0.1) is 0 Å². The Bertz CT molecular complexity index is 430. The van der Waals surface area contributed by atoms with Crippen molar-refractivity contribution in [3.05, 3.63) is 0 Å². The van der Waals surface area contributed by atoms with E-state index in [-0.39, 0.29) is 5.78 Å². The summed E-state index contributed by atoms with van der Waals surface area (Å²) in [5, 5.41) is 44.8. The van der Waals surface area contributed by atoms with E-state index >= 15 is 0 Å². The maximum absolute atomic E-state index is 10.7. The number of Topliss-reactive ketones (excluding diaryl/α,β-unsaturated/α-hetero) is 1. The molecule has 0 fully saturated rings. The number of carboxylic acid groups (broad SMARTS) is 3. The lowest BCUT2D eigenvalue weighted by Gasteiger charge is -2.03. The lowest BCUT2D eigenvalue weighted by atomic mass is 10.3. The number of ketones is 1. The number of aliphatic carboxylic acids is 3. The molecule has 0 radical (unpaired) electrons. The molecule has 14 nitrogen and oxygen atoms in total. The van der Waals surface area contributed by atoms with E-state index in [4.69, 9.17) is 30.6 Å². The van der Waals surface area contributed by atoms with E-state index in [0.29, 0.717) is 0 Å². The summed E-state index contributed by atoms with van der Waals surface area (Å²) in [7, 11) is 1.00. The summed E-state index contributed by atoms with van der Waals surface area (Å²) in [5.74, 6) is -6.18. The van der Waals surface area contributed by atoms with Crippen molar-refractivity contribution in [2.45, 2.75) is 26.2 Å². The van der Waals surface area contributed by atoms with Gasteiger partial charge >= 0.3 is 29.8 Å². The highest BCUT2D eigenvalue weighted by Crippen LogP contribution is 1.91. The zero-order chi connectivity index (χ0) is 22.4. The van der Waals surface area contributed by atoms with Gasteiger partial charge in [0.05, 0.1) is 0 Å². The van der Waals surface area contributed by atoms with Crippen molar-refractivity contribution in [2.75, 3.05) is 20.7 Å². The summed E-state index contributed by atoms with van der Waals surface area (Å²) in [6.07, 6.45) is -2.01. The average molecular weight is 402 g/mol. The largest absolute Gasteiger partial charge is 0.481 e. The van der Waals surface area contributed by atoms with Crippen LogP contribution in [-0.2, 0) is 38.2 Å². The Labute approximate surface area is 152 Å². The standard InChI is InChI=1S/C8H10O7.C3H4O4.CH4O2.CH4O/c1-5(9)2-7(12)14-4-15-8(13)3-6(10)11;4-2(5)1-3(6)7;2-1-3;1-2/h2-4H2,1H3,(H,10,11);1H2,(H,4,5)(H,6,7);2-3H,1H2;2H,1H3. The van der Waals surface area contributed by atoms with E-state index in [1.165, 1.54) is 6.92 Å². The molecule has 0 aromatic heterocycles. The van der Waals surface area contributed by atoms with Crippen LogP contribution in [-0.4, -0.2) is 87.0 Å². The first-order chi connectivity index (χ1) is 12.5. The second kappa shape index (κ2) is 22.9.